The smallest absolute Gasteiger partial charge is 0.272 e. The minimum absolute atomic E-state index is 0.119. The lowest BCUT2D eigenvalue weighted by molar-refractivity contribution is -0.385. The highest BCUT2D eigenvalue weighted by atomic mass is 32.1. The normalized spacial score (nSPS) is 10.8. The van der Waals surface area contributed by atoms with Crippen molar-refractivity contribution >= 4 is 27.2 Å². The summed E-state index contributed by atoms with van der Waals surface area (Å²) in [5.74, 6) is -0.707. The van der Waals surface area contributed by atoms with Gasteiger partial charge in [-0.25, -0.2) is 14.4 Å². The fourth-order valence-corrected chi connectivity index (χ4v) is 2.71. The van der Waals surface area contributed by atoms with Crippen LogP contribution in [0.15, 0.2) is 30.6 Å². The van der Waals surface area contributed by atoms with E-state index in [2.05, 4.69) is 9.97 Å². The average molecular weight is 305 g/mol. The van der Waals surface area contributed by atoms with Crippen molar-refractivity contribution in [2.24, 2.45) is 0 Å². The first-order valence-electron chi connectivity index (χ1n) is 5.87. The second-order valence-corrected chi connectivity index (χ2v) is 5.48. The van der Waals surface area contributed by atoms with E-state index in [0.29, 0.717) is 10.2 Å². The maximum atomic E-state index is 13.8. The molecule has 0 amide bonds. The molecule has 0 saturated heterocycles. The average Bonchev–Trinajstić information content (AvgIpc) is 2.82. The van der Waals surface area contributed by atoms with Gasteiger partial charge in [0.15, 0.2) is 11.6 Å². The number of nitrogens with zero attached hydrogens (tertiary/aromatic N) is 3. The van der Waals surface area contributed by atoms with E-state index in [1.54, 1.807) is 0 Å². The zero-order chi connectivity index (χ0) is 15.0. The third kappa shape index (κ3) is 2.52. The van der Waals surface area contributed by atoms with Crippen LogP contribution in [0.2, 0.25) is 0 Å². The summed E-state index contributed by atoms with van der Waals surface area (Å²) in [6, 6.07) is 5.08. The number of halogens is 1. The Bertz CT molecular complexity index is 850. The SMILES string of the molecule is Cc1cc2ncnc(Oc3ccc([N+](=O)[O-])cc3F)c2s1. The zero-order valence-corrected chi connectivity index (χ0v) is 11.6. The topological polar surface area (TPSA) is 78.2 Å². The Balaban J connectivity index is 2.00. The molecule has 0 aliphatic rings. The molecular weight excluding hydrogens is 297 g/mol. The Morgan fingerprint density at radius 3 is 2.86 bits per heavy atom. The summed E-state index contributed by atoms with van der Waals surface area (Å²) in [6.45, 7) is 1.92. The number of rotatable bonds is 3. The molecule has 21 heavy (non-hydrogen) atoms. The minimum Gasteiger partial charge on any atom is -0.434 e. The second kappa shape index (κ2) is 5.06. The maximum absolute atomic E-state index is 13.8. The van der Waals surface area contributed by atoms with Crippen LogP contribution in [0.25, 0.3) is 10.2 Å². The maximum Gasteiger partial charge on any atom is 0.272 e. The van der Waals surface area contributed by atoms with Gasteiger partial charge in [-0.3, -0.25) is 10.1 Å². The van der Waals surface area contributed by atoms with Gasteiger partial charge in [0.2, 0.25) is 5.88 Å². The fourth-order valence-electron chi connectivity index (χ4n) is 1.82. The van der Waals surface area contributed by atoms with Crippen molar-refractivity contribution in [3.63, 3.8) is 0 Å². The number of thiophene rings is 1. The van der Waals surface area contributed by atoms with E-state index in [1.165, 1.54) is 29.8 Å². The lowest BCUT2D eigenvalue weighted by Gasteiger charge is -2.05. The van der Waals surface area contributed by atoms with Crippen molar-refractivity contribution < 1.29 is 14.1 Å². The molecule has 0 atom stereocenters. The van der Waals surface area contributed by atoms with Gasteiger partial charge in [0.1, 0.15) is 11.0 Å². The molecular formula is C13H8FN3O3S. The molecule has 3 aromatic rings. The summed E-state index contributed by atoms with van der Waals surface area (Å²) in [7, 11) is 0. The van der Waals surface area contributed by atoms with E-state index in [9.17, 15) is 14.5 Å². The fraction of sp³-hybridized carbons (Fsp3) is 0.0769. The van der Waals surface area contributed by atoms with Crippen molar-refractivity contribution in [1.29, 1.82) is 0 Å². The first-order chi connectivity index (χ1) is 10.0. The molecule has 6 nitrogen and oxygen atoms in total. The minimum atomic E-state index is -0.816. The Kier molecular flexibility index (Phi) is 3.22. The summed E-state index contributed by atoms with van der Waals surface area (Å²) in [6.07, 6.45) is 1.33. The van der Waals surface area contributed by atoms with Crippen LogP contribution >= 0.6 is 11.3 Å². The van der Waals surface area contributed by atoms with Gasteiger partial charge in [-0.15, -0.1) is 11.3 Å². The number of fused-ring (bicyclic) bond motifs is 1. The number of ether oxygens (including phenoxy) is 1. The molecule has 0 fully saturated rings. The second-order valence-electron chi connectivity index (χ2n) is 4.22. The van der Waals surface area contributed by atoms with E-state index in [1.807, 2.05) is 13.0 Å². The molecule has 0 aliphatic heterocycles. The van der Waals surface area contributed by atoms with E-state index < -0.39 is 10.7 Å². The van der Waals surface area contributed by atoms with Crippen molar-refractivity contribution in [2.45, 2.75) is 6.92 Å². The molecule has 0 saturated carbocycles. The molecule has 8 heteroatoms. The standard InChI is InChI=1S/C13H8FN3O3S/c1-7-4-10-12(21-7)13(16-6-15-10)20-11-3-2-8(17(18)19)5-9(11)14/h2-6H,1H3. The van der Waals surface area contributed by atoms with Crippen molar-refractivity contribution in [1.82, 2.24) is 9.97 Å². The third-order valence-corrected chi connectivity index (χ3v) is 3.76. The molecule has 0 bridgehead atoms. The Morgan fingerprint density at radius 1 is 1.33 bits per heavy atom. The van der Waals surface area contributed by atoms with Gasteiger partial charge in [0, 0.05) is 10.9 Å². The summed E-state index contributed by atoms with van der Waals surface area (Å²) in [5, 5.41) is 10.6. The lowest BCUT2D eigenvalue weighted by Crippen LogP contribution is -1.94. The van der Waals surface area contributed by atoms with Crippen molar-refractivity contribution in [3.05, 3.63) is 51.4 Å². The highest BCUT2D eigenvalue weighted by molar-refractivity contribution is 7.19. The first kappa shape index (κ1) is 13.4. The lowest BCUT2D eigenvalue weighted by atomic mass is 10.3. The van der Waals surface area contributed by atoms with Crippen LogP contribution in [0.1, 0.15) is 4.88 Å². The van der Waals surface area contributed by atoms with Crippen LogP contribution in [0.4, 0.5) is 10.1 Å². The molecule has 2 aromatic heterocycles. The summed E-state index contributed by atoms with van der Waals surface area (Å²) in [4.78, 5) is 19.0. The molecule has 0 radical (unpaired) electrons. The predicted octanol–water partition coefficient (Wildman–Crippen LogP) is 3.84. The van der Waals surface area contributed by atoms with Gasteiger partial charge in [0.05, 0.1) is 16.5 Å². The van der Waals surface area contributed by atoms with Gasteiger partial charge >= 0.3 is 0 Å². The number of benzene rings is 1. The van der Waals surface area contributed by atoms with E-state index in [4.69, 9.17) is 4.74 Å². The quantitative estimate of drug-likeness (QED) is 0.542. The molecule has 0 aliphatic carbocycles. The van der Waals surface area contributed by atoms with Crippen LogP contribution in [0.5, 0.6) is 11.6 Å². The monoisotopic (exact) mass is 305 g/mol. The largest absolute Gasteiger partial charge is 0.434 e. The molecule has 0 unspecified atom stereocenters. The van der Waals surface area contributed by atoms with Gasteiger partial charge in [-0.1, -0.05) is 0 Å². The van der Waals surface area contributed by atoms with Crippen molar-refractivity contribution in [2.75, 3.05) is 0 Å². The van der Waals surface area contributed by atoms with Gasteiger partial charge < -0.3 is 4.74 Å². The molecule has 1 aromatic carbocycles. The van der Waals surface area contributed by atoms with Crippen molar-refractivity contribution in [3.8, 4) is 11.6 Å². The van der Waals surface area contributed by atoms with Crippen LogP contribution in [0, 0.1) is 22.9 Å². The number of aryl methyl sites for hydroxylation is 1. The number of hydrogen-bond donors (Lipinski definition) is 0. The van der Waals surface area contributed by atoms with Gasteiger partial charge in [-0.05, 0) is 19.1 Å². The van der Waals surface area contributed by atoms with Crippen LogP contribution in [-0.4, -0.2) is 14.9 Å². The summed E-state index contributed by atoms with van der Waals surface area (Å²) in [5.41, 5.74) is 0.379. The Morgan fingerprint density at radius 2 is 2.14 bits per heavy atom. The zero-order valence-electron chi connectivity index (χ0n) is 10.7. The Labute approximate surface area is 122 Å². The summed E-state index contributed by atoms with van der Waals surface area (Å²) < 4.78 is 20.0. The number of nitro benzene ring substituents is 1. The number of aromatic nitrogens is 2. The number of hydrogen-bond acceptors (Lipinski definition) is 6. The molecule has 106 valence electrons. The number of nitro groups is 1. The first-order valence-corrected chi connectivity index (χ1v) is 6.69. The molecule has 0 N–H and O–H groups in total. The third-order valence-electron chi connectivity index (χ3n) is 2.73. The molecule has 2 heterocycles. The number of non-ortho nitro benzene ring substituents is 1. The van der Waals surface area contributed by atoms with Crippen LogP contribution < -0.4 is 4.74 Å². The van der Waals surface area contributed by atoms with E-state index in [0.717, 1.165) is 10.9 Å². The molecule has 3 rings (SSSR count). The van der Waals surface area contributed by atoms with Crippen LogP contribution in [0.3, 0.4) is 0 Å². The van der Waals surface area contributed by atoms with E-state index in [-0.39, 0.29) is 17.3 Å². The molecule has 0 spiro atoms. The van der Waals surface area contributed by atoms with E-state index >= 15 is 0 Å². The van der Waals surface area contributed by atoms with Gasteiger partial charge in [0.25, 0.3) is 5.69 Å². The highest BCUT2D eigenvalue weighted by Crippen LogP contribution is 2.34. The van der Waals surface area contributed by atoms with Gasteiger partial charge in [-0.2, -0.15) is 0 Å². The highest BCUT2D eigenvalue weighted by Gasteiger charge is 2.15. The predicted molar refractivity (Wildman–Crippen MR) is 75.3 cm³/mol. The Hall–Kier alpha value is -2.61. The van der Waals surface area contributed by atoms with Crippen LogP contribution in [-0.2, 0) is 0 Å². The summed E-state index contributed by atoms with van der Waals surface area (Å²) >= 11 is 1.43.